The molecule has 0 aliphatic rings. The number of aromatic nitrogens is 1. The summed E-state index contributed by atoms with van der Waals surface area (Å²) in [6.07, 6.45) is 2.72. The molecule has 3 N–H and O–H groups in total. The van der Waals surface area contributed by atoms with Gasteiger partial charge in [0.05, 0.1) is 23.5 Å². The summed E-state index contributed by atoms with van der Waals surface area (Å²) in [7, 11) is 1.62. The number of hydrogen-bond acceptors (Lipinski definition) is 5. The van der Waals surface area contributed by atoms with Gasteiger partial charge in [0.15, 0.2) is 0 Å². The fourth-order valence-electron chi connectivity index (χ4n) is 1.56. The van der Waals surface area contributed by atoms with Crippen LogP contribution in [0.2, 0.25) is 0 Å². The normalized spacial score (nSPS) is 10.2. The summed E-state index contributed by atoms with van der Waals surface area (Å²) in [6, 6.07) is 5.71. The number of thiazole rings is 1. The molecule has 0 aliphatic heterocycles. The molecular formula is C12H15N3OS. The molecule has 0 atom stereocenters. The van der Waals surface area contributed by atoms with Gasteiger partial charge >= 0.3 is 0 Å². The Morgan fingerprint density at radius 3 is 3.06 bits per heavy atom. The summed E-state index contributed by atoms with van der Waals surface area (Å²) in [5.41, 5.74) is 7.50. The molecular weight excluding hydrogens is 234 g/mol. The fourth-order valence-corrected chi connectivity index (χ4v) is 2.18. The van der Waals surface area contributed by atoms with E-state index in [4.69, 9.17) is 10.5 Å². The van der Waals surface area contributed by atoms with E-state index in [0.717, 1.165) is 23.7 Å². The third-order valence-electron chi connectivity index (χ3n) is 2.42. The number of nitrogens with one attached hydrogen (secondary N) is 1. The third-order valence-corrected chi connectivity index (χ3v) is 3.26. The third kappa shape index (κ3) is 2.88. The highest BCUT2D eigenvalue weighted by Gasteiger charge is 2.04. The maximum absolute atomic E-state index is 5.95. The standard InChI is InChI=1S/C12H15N3OS/c1-16-10-4-2-3-9(12(10)13)14-6-5-11-15-7-8-17-11/h2-4,7-8,14H,5-6,13H2,1H3. The minimum atomic E-state index is 0.647. The molecule has 17 heavy (non-hydrogen) atoms. The second-order valence-electron chi connectivity index (χ2n) is 3.52. The van der Waals surface area contributed by atoms with Gasteiger partial charge in [-0.25, -0.2) is 4.98 Å². The molecule has 0 aliphatic carbocycles. The van der Waals surface area contributed by atoms with E-state index in [1.807, 2.05) is 29.8 Å². The summed E-state index contributed by atoms with van der Waals surface area (Å²) in [4.78, 5) is 4.23. The van der Waals surface area contributed by atoms with Gasteiger partial charge in [-0.2, -0.15) is 0 Å². The van der Waals surface area contributed by atoms with Gasteiger partial charge in [0.25, 0.3) is 0 Å². The molecule has 5 heteroatoms. The fraction of sp³-hybridized carbons (Fsp3) is 0.250. The smallest absolute Gasteiger partial charge is 0.143 e. The van der Waals surface area contributed by atoms with Crippen LogP contribution in [-0.4, -0.2) is 18.6 Å². The molecule has 0 unspecified atom stereocenters. The maximum Gasteiger partial charge on any atom is 0.143 e. The van der Waals surface area contributed by atoms with Crippen molar-refractivity contribution in [2.75, 3.05) is 24.7 Å². The largest absolute Gasteiger partial charge is 0.495 e. The number of rotatable bonds is 5. The van der Waals surface area contributed by atoms with Crippen molar-refractivity contribution >= 4 is 22.7 Å². The highest BCUT2D eigenvalue weighted by molar-refractivity contribution is 7.09. The van der Waals surface area contributed by atoms with Crippen LogP contribution in [-0.2, 0) is 6.42 Å². The van der Waals surface area contributed by atoms with Crippen LogP contribution in [0.15, 0.2) is 29.8 Å². The van der Waals surface area contributed by atoms with Crippen molar-refractivity contribution in [2.45, 2.75) is 6.42 Å². The number of nitrogens with two attached hydrogens (primary N) is 1. The number of nitrogens with zero attached hydrogens (tertiary/aromatic N) is 1. The molecule has 90 valence electrons. The number of nitrogen functional groups attached to an aromatic ring is 1. The van der Waals surface area contributed by atoms with Crippen molar-refractivity contribution in [2.24, 2.45) is 0 Å². The molecule has 0 amide bonds. The number of benzene rings is 1. The van der Waals surface area contributed by atoms with Crippen LogP contribution >= 0.6 is 11.3 Å². The first-order valence-electron chi connectivity index (χ1n) is 5.36. The summed E-state index contributed by atoms with van der Waals surface area (Å²) >= 11 is 1.66. The summed E-state index contributed by atoms with van der Waals surface area (Å²) in [5, 5.41) is 6.39. The minimum Gasteiger partial charge on any atom is -0.495 e. The van der Waals surface area contributed by atoms with Crippen LogP contribution in [0.3, 0.4) is 0 Å². The molecule has 0 saturated heterocycles. The highest BCUT2D eigenvalue weighted by Crippen LogP contribution is 2.28. The van der Waals surface area contributed by atoms with Crippen molar-refractivity contribution in [3.05, 3.63) is 34.8 Å². The Morgan fingerprint density at radius 2 is 2.35 bits per heavy atom. The quantitative estimate of drug-likeness (QED) is 0.799. The molecule has 2 aromatic rings. The van der Waals surface area contributed by atoms with E-state index in [1.165, 1.54) is 0 Å². The average molecular weight is 249 g/mol. The van der Waals surface area contributed by atoms with Crippen LogP contribution in [0.1, 0.15) is 5.01 Å². The minimum absolute atomic E-state index is 0.647. The zero-order chi connectivity index (χ0) is 12.1. The lowest BCUT2D eigenvalue weighted by molar-refractivity contribution is 0.417. The maximum atomic E-state index is 5.95. The van der Waals surface area contributed by atoms with Gasteiger partial charge in [-0.15, -0.1) is 11.3 Å². The number of hydrogen-bond donors (Lipinski definition) is 2. The number of para-hydroxylation sites is 1. The predicted octanol–water partition coefficient (Wildman–Crippen LogP) is 2.39. The Hall–Kier alpha value is -1.75. The van der Waals surface area contributed by atoms with E-state index < -0.39 is 0 Å². The van der Waals surface area contributed by atoms with Crippen molar-refractivity contribution in [1.82, 2.24) is 4.98 Å². The van der Waals surface area contributed by atoms with E-state index >= 15 is 0 Å². The van der Waals surface area contributed by atoms with Crippen molar-refractivity contribution in [3.63, 3.8) is 0 Å². The van der Waals surface area contributed by atoms with Gasteiger partial charge in [0.2, 0.25) is 0 Å². The Labute approximate surface area is 104 Å². The lowest BCUT2D eigenvalue weighted by Crippen LogP contribution is -2.07. The van der Waals surface area contributed by atoms with Crippen LogP contribution < -0.4 is 15.8 Å². The van der Waals surface area contributed by atoms with Crippen LogP contribution in [0.5, 0.6) is 5.75 Å². The molecule has 0 saturated carbocycles. The Bertz CT molecular complexity index is 471. The van der Waals surface area contributed by atoms with Gasteiger partial charge in [-0.1, -0.05) is 6.07 Å². The number of anilines is 2. The Balaban J connectivity index is 1.95. The van der Waals surface area contributed by atoms with E-state index in [1.54, 1.807) is 18.4 Å². The van der Waals surface area contributed by atoms with Gasteiger partial charge < -0.3 is 15.8 Å². The van der Waals surface area contributed by atoms with Crippen molar-refractivity contribution in [3.8, 4) is 5.75 Å². The molecule has 1 aromatic heterocycles. The lowest BCUT2D eigenvalue weighted by Gasteiger charge is -2.11. The van der Waals surface area contributed by atoms with Crippen LogP contribution in [0.4, 0.5) is 11.4 Å². The van der Waals surface area contributed by atoms with Gasteiger partial charge in [-0.05, 0) is 12.1 Å². The number of methoxy groups -OCH3 is 1. The highest BCUT2D eigenvalue weighted by atomic mass is 32.1. The summed E-state index contributed by atoms with van der Waals surface area (Å²) in [5.74, 6) is 0.698. The van der Waals surface area contributed by atoms with Crippen molar-refractivity contribution < 1.29 is 4.74 Å². The topological polar surface area (TPSA) is 60.2 Å². The van der Waals surface area contributed by atoms with E-state index in [-0.39, 0.29) is 0 Å². The SMILES string of the molecule is COc1cccc(NCCc2nccs2)c1N. The monoisotopic (exact) mass is 249 g/mol. The molecule has 1 heterocycles. The van der Waals surface area contributed by atoms with Gasteiger partial charge in [-0.3, -0.25) is 0 Å². The van der Waals surface area contributed by atoms with Crippen LogP contribution in [0.25, 0.3) is 0 Å². The lowest BCUT2D eigenvalue weighted by atomic mass is 10.2. The average Bonchev–Trinajstić information content (AvgIpc) is 2.84. The first-order chi connectivity index (χ1) is 8.31. The zero-order valence-corrected chi connectivity index (χ0v) is 10.5. The Morgan fingerprint density at radius 1 is 1.47 bits per heavy atom. The van der Waals surface area contributed by atoms with Crippen LogP contribution in [0, 0.1) is 0 Å². The molecule has 0 radical (unpaired) electrons. The first-order valence-corrected chi connectivity index (χ1v) is 6.24. The van der Waals surface area contributed by atoms with Gasteiger partial charge in [0.1, 0.15) is 5.75 Å². The molecule has 4 nitrogen and oxygen atoms in total. The molecule has 0 bridgehead atoms. The zero-order valence-electron chi connectivity index (χ0n) is 9.64. The summed E-state index contributed by atoms with van der Waals surface area (Å²) in [6.45, 7) is 0.810. The van der Waals surface area contributed by atoms with E-state index in [2.05, 4.69) is 10.3 Å². The molecule has 0 fully saturated rings. The number of ether oxygens (including phenoxy) is 1. The van der Waals surface area contributed by atoms with E-state index in [9.17, 15) is 0 Å². The second kappa shape index (κ2) is 5.54. The van der Waals surface area contributed by atoms with Gasteiger partial charge in [0, 0.05) is 24.5 Å². The molecule has 1 aromatic carbocycles. The first kappa shape index (κ1) is 11.7. The summed E-state index contributed by atoms with van der Waals surface area (Å²) < 4.78 is 5.16. The van der Waals surface area contributed by atoms with Crippen molar-refractivity contribution in [1.29, 1.82) is 0 Å². The molecule has 0 spiro atoms. The second-order valence-corrected chi connectivity index (χ2v) is 4.50. The Kier molecular flexibility index (Phi) is 3.82. The van der Waals surface area contributed by atoms with E-state index in [0.29, 0.717) is 11.4 Å². The predicted molar refractivity (Wildman–Crippen MR) is 71.7 cm³/mol. The molecule has 2 rings (SSSR count).